The van der Waals surface area contributed by atoms with Gasteiger partial charge < -0.3 is 10.2 Å². The number of carbonyl (C=O) groups is 1. The van der Waals surface area contributed by atoms with E-state index in [1.165, 1.54) is 35.2 Å². The Labute approximate surface area is 223 Å². The van der Waals surface area contributed by atoms with Gasteiger partial charge in [0.1, 0.15) is 11.9 Å². The number of nitrogens with one attached hydrogen (secondary N) is 2. The number of nitrogens with zero attached hydrogens (tertiary/aromatic N) is 4. The summed E-state index contributed by atoms with van der Waals surface area (Å²) in [4.78, 5) is 22.0. The first-order chi connectivity index (χ1) is 18.4. The number of rotatable bonds is 8. The van der Waals surface area contributed by atoms with Crippen molar-refractivity contribution < 1.29 is 26.4 Å². The van der Waals surface area contributed by atoms with Crippen molar-refractivity contribution >= 4 is 27.4 Å². The molecule has 1 aliphatic rings. The summed E-state index contributed by atoms with van der Waals surface area (Å²) in [7, 11) is -3.60. The Morgan fingerprint density at radius 3 is 2.56 bits per heavy atom. The number of alkyl halides is 3. The fourth-order valence-corrected chi connectivity index (χ4v) is 4.87. The van der Waals surface area contributed by atoms with Crippen molar-refractivity contribution in [3.8, 4) is 17.3 Å². The molecule has 1 aliphatic heterocycles. The van der Waals surface area contributed by atoms with E-state index in [1.54, 1.807) is 24.3 Å². The molecular formula is C26H25F3N6O3S. The van der Waals surface area contributed by atoms with Crippen LogP contribution in [-0.2, 0) is 27.4 Å². The normalized spacial score (nSPS) is 15.6. The molecule has 0 bridgehead atoms. The highest BCUT2D eigenvalue weighted by Crippen LogP contribution is 2.33. The number of sulfonamides is 1. The highest BCUT2D eigenvalue weighted by atomic mass is 32.2. The molecule has 1 amide bonds. The molecule has 2 N–H and O–H groups in total. The van der Waals surface area contributed by atoms with Crippen LogP contribution in [0.3, 0.4) is 0 Å². The number of halogens is 3. The van der Waals surface area contributed by atoms with Crippen molar-refractivity contribution in [2.24, 2.45) is 0 Å². The fourth-order valence-electron chi connectivity index (χ4n) is 4.32. The van der Waals surface area contributed by atoms with Gasteiger partial charge in [0.05, 0.1) is 23.6 Å². The molecule has 1 aromatic heterocycles. The lowest BCUT2D eigenvalue weighted by molar-refractivity contribution is -0.144. The molecule has 2 aromatic carbocycles. The second-order valence-corrected chi connectivity index (χ2v) is 10.8. The highest BCUT2D eigenvalue weighted by Gasteiger charge is 2.38. The molecule has 0 spiro atoms. The minimum Gasteiger partial charge on any atom is -0.354 e. The molecule has 1 atom stereocenters. The molecule has 2 heterocycles. The molecule has 1 saturated heterocycles. The van der Waals surface area contributed by atoms with E-state index in [-0.39, 0.29) is 28.7 Å². The second-order valence-electron chi connectivity index (χ2n) is 9.09. The molecule has 39 heavy (non-hydrogen) atoms. The zero-order valence-electron chi connectivity index (χ0n) is 20.9. The zero-order valence-corrected chi connectivity index (χ0v) is 21.7. The zero-order chi connectivity index (χ0) is 28.2. The van der Waals surface area contributed by atoms with Gasteiger partial charge in [-0.1, -0.05) is 24.3 Å². The maximum atomic E-state index is 13.8. The fraction of sp³-hybridized carbons (Fsp3) is 0.308. The molecule has 1 fully saturated rings. The summed E-state index contributed by atoms with van der Waals surface area (Å²) >= 11 is 0. The van der Waals surface area contributed by atoms with Gasteiger partial charge in [-0.3, -0.25) is 9.52 Å². The van der Waals surface area contributed by atoms with Crippen LogP contribution in [0.5, 0.6) is 0 Å². The third kappa shape index (κ3) is 7.23. The van der Waals surface area contributed by atoms with Gasteiger partial charge in [0, 0.05) is 30.4 Å². The van der Waals surface area contributed by atoms with Crippen molar-refractivity contribution in [2.45, 2.75) is 31.5 Å². The summed E-state index contributed by atoms with van der Waals surface area (Å²) < 4.78 is 66.8. The average Bonchev–Trinajstić information content (AvgIpc) is 3.38. The van der Waals surface area contributed by atoms with Crippen LogP contribution in [-0.4, -0.2) is 49.7 Å². The molecule has 204 valence electrons. The Balaban J connectivity index is 1.56. The minimum atomic E-state index is -4.84. The molecule has 9 nitrogen and oxygen atoms in total. The smallest absolute Gasteiger partial charge is 0.354 e. The Kier molecular flexibility index (Phi) is 8.06. The van der Waals surface area contributed by atoms with Crippen molar-refractivity contribution in [2.75, 3.05) is 29.0 Å². The first kappa shape index (κ1) is 27.8. The van der Waals surface area contributed by atoms with Gasteiger partial charge >= 0.3 is 6.18 Å². The van der Waals surface area contributed by atoms with Crippen LogP contribution in [0.2, 0.25) is 0 Å². The summed E-state index contributed by atoms with van der Waals surface area (Å²) in [5.74, 6) is -1.73. The monoisotopic (exact) mass is 558 g/mol. The van der Waals surface area contributed by atoms with E-state index in [2.05, 4.69) is 20.0 Å². The van der Waals surface area contributed by atoms with Crippen molar-refractivity contribution in [3.63, 3.8) is 0 Å². The largest absolute Gasteiger partial charge is 0.451 e. The Hall–Kier alpha value is -4.18. The van der Waals surface area contributed by atoms with Crippen LogP contribution in [0.1, 0.15) is 29.8 Å². The molecule has 0 aliphatic carbocycles. The molecule has 0 unspecified atom stereocenters. The summed E-state index contributed by atoms with van der Waals surface area (Å²) in [6.07, 6.45) is -2.32. The number of hydrogen-bond acceptors (Lipinski definition) is 7. The number of benzene rings is 2. The number of hydrogen-bond donors (Lipinski definition) is 2. The van der Waals surface area contributed by atoms with E-state index in [9.17, 15) is 26.4 Å². The van der Waals surface area contributed by atoms with Gasteiger partial charge in [0.2, 0.25) is 21.8 Å². The second kappa shape index (κ2) is 11.3. The lowest BCUT2D eigenvalue weighted by atomic mass is 10.1. The number of carbonyl (C=O) groups excluding carboxylic acids is 1. The van der Waals surface area contributed by atoms with Gasteiger partial charge in [0.25, 0.3) is 0 Å². The maximum Gasteiger partial charge on any atom is 0.451 e. The van der Waals surface area contributed by atoms with E-state index in [4.69, 9.17) is 5.26 Å². The summed E-state index contributed by atoms with van der Waals surface area (Å²) in [5.41, 5.74) is 1.83. The quantitative estimate of drug-likeness (QED) is 0.431. The molecule has 3 aromatic rings. The van der Waals surface area contributed by atoms with Crippen LogP contribution in [0.15, 0.2) is 54.6 Å². The van der Waals surface area contributed by atoms with Gasteiger partial charge in [-0.25, -0.2) is 18.4 Å². The van der Waals surface area contributed by atoms with Gasteiger partial charge in [-0.05, 0) is 49.1 Å². The van der Waals surface area contributed by atoms with Crippen LogP contribution in [0.25, 0.3) is 11.3 Å². The predicted molar refractivity (Wildman–Crippen MR) is 139 cm³/mol. The summed E-state index contributed by atoms with van der Waals surface area (Å²) in [6.45, 7) is 0.648. The van der Waals surface area contributed by atoms with E-state index in [0.29, 0.717) is 37.9 Å². The third-order valence-electron chi connectivity index (χ3n) is 6.07. The van der Waals surface area contributed by atoms with Crippen molar-refractivity contribution in [1.29, 1.82) is 5.26 Å². The molecular weight excluding hydrogens is 533 g/mol. The van der Waals surface area contributed by atoms with E-state index < -0.39 is 28.1 Å². The van der Waals surface area contributed by atoms with E-state index in [1.807, 2.05) is 6.07 Å². The number of amides is 1. The summed E-state index contributed by atoms with van der Waals surface area (Å²) in [5, 5.41) is 11.8. The van der Waals surface area contributed by atoms with Gasteiger partial charge in [0.15, 0.2) is 0 Å². The van der Waals surface area contributed by atoms with Crippen molar-refractivity contribution in [1.82, 2.24) is 15.3 Å². The van der Waals surface area contributed by atoms with E-state index in [0.717, 1.165) is 11.8 Å². The first-order valence-corrected chi connectivity index (χ1v) is 13.9. The molecule has 0 saturated carbocycles. The molecule has 4 rings (SSSR count). The number of nitriles is 1. The highest BCUT2D eigenvalue weighted by molar-refractivity contribution is 7.92. The lowest BCUT2D eigenvalue weighted by Gasteiger charge is -2.26. The van der Waals surface area contributed by atoms with Gasteiger partial charge in [-0.2, -0.15) is 18.4 Å². The average molecular weight is 559 g/mol. The Morgan fingerprint density at radius 2 is 1.90 bits per heavy atom. The number of anilines is 2. The summed E-state index contributed by atoms with van der Waals surface area (Å²) in [6, 6.07) is 15.5. The molecule has 13 heteroatoms. The SMILES string of the molecule is CS(=O)(=O)Nc1cccc(-c2cc(N3CCC[C@H]3C(=O)NCCc3ccc(C#N)cc3)nc(C(F)(F)F)n2)c1. The van der Waals surface area contributed by atoms with Crippen LogP contribution in [0.4, 0.5) is 24.7 Å². The minimum absolute atomic E-state index is 0.0430. The topological polar surface area (TPSA) is 128 Å². The first-order valence-electron chi connectivity index (χ1n) is 12.0. The molecule has 0 radical (unpaired) electrons. The predicted octanol–water partition coefficient (Wildman–Crippen LogP) is 3.73. The maximum absolute atomic E-state index is 13.8. The lowest BCUT2D eigenvalue weighted by Crippen LogP contribution is -2.44. The number of aromatic nitrogens is 2. The van der Waals surface area contributed by atoms with Gasteiger partial charge in [-0.15, -0.1) is 0 Å². The van der Waals surface area contributed by atoms with Crippen LogP contribution in [0, 0.1) is 11.3 Å². The van der Waals surface area contributed by atoms with Crippen molar-refractivity contribution in [3.05, 3.63) is 71.5 Å². The van der Waals surface area contributed by atoms with E-state index >= 15 is 0 Å². The van der Waals surface area contributed by atoms with Crippen LogP contribution < -0.4 is 14.9 Å². The third-order valence-corrected chi connectivity index (χ3v) is 6.68. The Morgan fingerprint density at radius 1 is 1.15 bits per heavy atom. The Bertz CT molecular complexity index is 1500. The van der Waals surface area contributed by atoms with Crippen LogP contribution >= 0.6 is 0 Å². The standard InChI is InChI=1S/C26H25F3N6O3S/c1-39(37,38)34-20-5-2-4-19(14-20)21-15-23(33-25(32-21)26(27,28)29)35-13-3-6-22(35)24(36)31-12-11-17-7-9-18(16-30)10-8-17/h2,4-5,7-10,14-15,22,34H,3,6,11-13H2,1H3,(H,31,36)/t22-/m0/s1.